The molecule has 0 unspecified atom stereocenters. The maximum Gasteiger partial charge on any atom is 0.0834 e. The largest absolute Gasteiger partial charge is 0.326 e. The van der Waals surface area contributed by atoms with Crippen molar-refractivity contribution in [2.75, 3.05) is 0 Å². The van der Waals surface area contributed by atoms with Crippen LogP contribution >= 0.6 is 15.9 Å². The van der Waals surface area contributed by atoms with E-state index in [4.69, 9.17) is 5.73 Å². The molecule has 0 atom stereocenters. The summed E-state index contributed by atoms with van der Waals surface area (Å²) in [7, 11) is 0. The van der Waals surface area contributed by atoms with Gasteiger partial charge in [0, 0.05) is 28.5 Å². The zero-order valence-corrected chi connectivity index (χ0v) is 10.6. The molecule has 2 N–H and O–H groups in total. The highest BCUT2D eigenvalue weighted by Gasteiger charge is 2.05. The number of hydrogen-bond donors (Lipinski definition) is 1. The van der Waals surface area contributed by atoms with Crippen LogP contribution in [-0.2, 0) is 13.1 Å². The summed E-state index contributed by atoms with van der Waals surface area (Å²) in [6.07, 6.45) is 3.60. The summed E-state index contributed by atoms with van der Waals surface area (Å²) in [5, 5.41) is 4.29. The van der Waals surface area contributed by atoms with Gasteiger partial charge in [0.1, 0.15) is 0 Å². The average molecular weight is 281 g/mol. The Hall–Kier alpha value is -1.20. The number of rotatable bonds is 3. The highest BCUT2D eigenvalue weighted by molar-refractivity contribution is 9.10. The predicted octanol–water partition coefficient (Wildman–Crippen LogP) is 1.86. The van der Waals surface area contributed by atoms with Gasteiger partial charge in [-0.1, -0.05) is 0 Å². The molecule has 2 heterocycles. The molecule has 0 aliphatic carbocycles. The third-order valence-electron chi connectivity index (χ3n) is 2.53. The molecule has 0 radical (unpaired) electrons. The van der Waals surface area contributed by atoms with Crippen LogP contribution in [0.25, 0.3) is 0 Å². The summed E-state index contributed by atoms with van der Waals surface area (Å²) >= 11 is 3.36. The molecule has 0 saturated carbocycles. The van der Waals surface area contributed by atoms with Crippen molar-refractivity contribution >= 4 is 15.9 Å². The van der Waals surface area contributed by atoms with E-state index in [9.17, 15) is 0 Å². The van der Waals surface area contributed by atoms with E-state index in [1.165, 1.54) is 0 Å². The SMILES string of the molecule is Cc1c(CN)cnn1Cc1ccc(Br)cn1. The van der Waals surface area contributed by atoms with Crippen molar-refractivity contribution in [1.29, 1.82) is 0 Å². The lowest BCUT2D eigenvalue weighted by atomic mass is 10.2. The van der Waals surface area contributed by atoms with E-state index in [0.29, 0.717) is 13.1 Å². The molecule has 0 spiro atoms. The monoisotopic (exact) mass is 280 g/mol. The Morgan fingerprint density at radius 3 is 2.75 bits per heavy atom. The number of nitrogens with two attached hydrogens (primary N) is 1. The van der Waals surface area contributed by atoms with Crippen molar-refractivity contribution in [3.8, 4) is 0 Å². The van der Waals surface area contributed by atoms with E-state index >= 15 is 0 Å². The van der Waals surface area contributed by atoms with Gasteiger partial charge in [-0.2, -0.15) is 5.10 Å². The van der Waals surface area contributed by atoms with Crippen LogP contribution in [0.4, 0.5) is 0 Å². The molecular formula is C11H13BrN4. The maximum absolute atomic E-state index is 5.60. The molecule has 0 aliphatic rings. The Morgan fingerprint density at radius 2 is 2.19 bits per heavy atom. The minimum absolute atomic E-state index is 0.527. The molecule has 0 fully saturated rings. The fourth-order valence-corrected chi connectivity index (χ4v) is 1.73. The van der Waals surface area contributed by atoms with Crippen molar-refractivity contribution in [2.45, 2.75) is 20.0 Å². The lowest BCUT2D eigenvalue weighted by Crippen LogP contribution is -2.06. The summed E-state index contributed by atoms with van der Waals surface area (Å²) in [5.41, 5.74) is 8.77. The summed E-state index contributed by atoms with van der Waals surface area (Å²) < 4.78 is 2.90. The Kier molecular flexibility index (Phi) is 3.36. The fourth-order valence-electron chi connectivity index (χ4n) is 1.50. The second kappa shape index (κ2) is 4.76. The van der Waals surface area contributed by atoms with Crippen LogP contribution in [0.5, 0.6) is 0 Å². The molecule has 5 heteroatoms. The van der Waals surface area contributed by atoms with Crippen molar-refractivity contribution < 1.29 is 0 Å². The van der Waals surface area contributed by atoms with Gasteiger partial charge in [0.05, 0.1) is 18.4 Å². The molecular weight excluding hydrogens is 268 g/mol. The molecule has 2 aromatic rings. The highest BCUT2D eigenvalue weighted by atomic mass is 79.9. The van der Waals surface area contributed by atoms with Gasteiger partial charge in [0.15, 0.2) is 0 Å². The maximum atomic E-state index is 5.60. The van der Waals surface area contributed by atoms with Crippen LogP contribution in [0.15, 0.2) is 29.0 Å². The van der Waals surface area contributed by atoms with E-state index in [0.717, 1.165) is 21.4 Å². The van der Waals surface area contributed by atoms with Gasteiger partial charge >= 0.3 is 0 Å². The Morgan fingerprint density at radius 1 is 1.38 bits per heavy atom. The summed E-state index contributed by atoms with van der Waals surface area (Å²) in [5.74, 6) is 0. The van der Waals surface area contributed by atoms with Gasteiger partial charge in [-0.3, -0.25) is 9.67 Å². The highest BCUT2D eigenvalue weighted by Crippen LogP contribution is 2.11. The van der Waals surface area contributed by atoms with Crippen LogP contribution in [0, 0.1) is 6.92 Å². The van der Waals surface area contributed by atoms with Gasteiger partial charge in [-0.05, 0) is 35.0 Å². The fraction of sp³-hybridized carbons (Fsp3) is 0.273. The first-order valence-electron chi connectivity index (χ1n) is 5.02. The van der Waals surface area contributed by atoms with E-state index in [1.807, 2.05) is 29.9 Å². The first kappa shape index (κ1) is 11.3. The van der Waals surface area contributed by atoms with E-state index in [-0.39, 0.29) is 0 Å². The van der Waals surface area contributed by atoms with Crippen molar-refractivity contribution in [3.63, 3.8) is 0 Å². The normalized spacial score (nSPS) is 10.7. The Balaban J connectivity index is 2.20. The zero-order chi connectivity index (χ0) is 11.5. The van der Waals surface area contributed by atoms with Crippen LogP contribution in [0.2, 0.25) is 0 Å². The number of halogens is 1. The summed E-state index contributed by atoms with van der Waals surface area (Å²) in [6, 6.07) is 3.96. The van der Waals surface area contributed by atoms with Crippen LogP contribution in [0.1, 0.15) is 17.0 Å². The van der Waals surface area contributed by atoms with Crippen LogP contribution in [-0.4, -0.2) is 14.8 Å². The molecule has 0 bridgehead atoms. The van der Waals surface area contributed by atoms with Gasteiger partial charge in [0.2, 0.25) is 0 Å². The number of hydrogen-bond acceptors (Lipinski definition) is 3. The summed E-state index contributed by atoms with van der Waals surface area (Å²) in [6.45, 7) is 3.23. The van der Waals surface area contributed by atoms with E-state index in [1.54, 1.807) is 6.20 Å². The van der Waals surface area contributed by atoms with E-state index < -0.39 is 0 Å². The quantitative estimate of drug-likeness (QED) is 0.934. The third-order valence-corrected chi connectivity index (χ3v) is 2.99. The Labute approximate surface area is 103 Å². The second-order valence-corrected chi connectivity index (χ2v) is 4.50. The van der Waals surface area contributed by atoms with Crippen molar-refractivity contribution in [2.24, 2.45) is 5.73 Å². The molecule has 4 nitrogen and oxygen atoms in total. The first-order valence-corrected chi connectivity index (χ1v) is 5.82. The standard InChI is InChI=1S/C11H13BrN4/c1-8-9(4-13)5-15-16(8)7-11-3-2-10(12)6-14-11/h2-3,5-6H,4,7,13H2,1H3. The zero-order valence-electron chi connectivity index (χ0n) is 9.02. The van der Waals surface area contributed by atoms with Crippen LogP contribution in [0.3, 0.4) is 0 Å². The minimum atomic E-state index is 0.527. The molecule has 16 heavy (non-hydrogen) atoms. The smallest absolute Gasteiger partial charge is 0.0834 e. The molecule has 0 aliphatic heterocycles. The average Bonchev–Trinajstić information content (AvgIpc) is 2.63. The lowest BCUT2D eigenvalue weighted by Gasteiger charge is -2.04. The van der Waals surface area contributed by atoms with Crippen LogP contribution < -0.4 is 5.73 Å². The topological polar surface area (TPSA) is 56.7 Å². The number of aromatic nitrogens is 3. The minimum Gasteiger partial charge on any atom is -0.326 e. The Bertz CT molecular complexity index is 475. The first-order chi connectivity index (χ1) is 7.70. The lowest BCUT2D eigenvalue weighted by molar-refractivity contribution is 0.650. The molecule has 0 saturated heterocycles. The molecule has 84 valence electrons. The number of pyridine rings is 1. The summed E-state index contributed by atoms with van der Waals surface area (Å²) in [4.78, 5) is 4.31. The van der Waals surface area contributed by atoms with Gasteiger partial charge in [0.25, 0.3) is 0 Å². The number of nitrogens with zero attached hydrogens (tertiary/aromatic N) is 3. The molecule has 0 amide bonds. The van der Waals surface area contributed by atoms with Crippen molar-refractivity contribution in [3.05, 3.63) is 46.0 Å². The molecule has 0 aromatic carbocycles. The third kappa shape index (κ3) is 2.31. The second-order valence-electron chi connectivity index (χ2n) is 3.58. The molecule has 2 rings (SSSR count). The van der Waals surface area contributed by atoms with Gasteiger partial charge < -0.3 is 5.73 Å². The van der Waals surface area contributed by atoms with Gasteiger partial charge in [-0.25, -0.2) is 0 Å². The van der Waals surface area contributed by atoms with Crippen molar-refractivity contribution in [1.82, 2.24) is 14.8 Å². The predicted molar refractivity (Wildman–Crippen MR) is 65.9 cm³/mol. The van der Waals surface area contributed by atoms with E-state index in [2.05, 4.69) is 26.0 Å². The molecule has 2 aromatic heterocycles. The van der Waals surface area contributed by atoms with Gasteiger partial charge in [-0.15, -0.1) is 0 Å².